The van der Waals surface area contributed by atoms with Gasteiger partial charge in [-0.3, -0.25) is 0 Å². The van der Waals surface area contributed by atoms with Crippen molar-refractivity contribution in [1.82, 2.24) is 9.97 Å². The fourth-order valence-electron chi connectivity index (χ4n) is 2.18. The Morgan fingerprint density at radius 1 is 1.09 bits per heavy atom. The molecule has 8 heteroatoms. The van der Waals surface area contributed by atoms with Gasteiger partial charge in [-0.2, -0.15) is 0 Å². The molecular weight excluding hydrogens is 297 g/mol. The average Bonchev–Trinajstić information content (AvgIpc) is 2.73. The Bertz CT molecular complexity index is 504. The highest BCUT2D eigenvalue weighted by Gasteiger charge is 2.51. The summed E-state index contributed by atoms with van der Waals surface area (Å²) in [6.07, 6.45) is 3.14. The van der Waals surface area contributed by atoms with Gasteiger partial charge < -0.3 is 23.7 Å². The lowest BCUT2D eigenvalue weighted by Crippen LogP contribution is -2.41. The van der Waals surface area contributed by atoms with Gasteiger partial charge in [0.25, 0.3) is 0 Å². The van der Waals surface area contributed by atoms with Crippen LogP contribution in [0.25, 0.3) is 0 Å². The maximum Gasteiger partial charge on any atom is 0.498 e. The molecule has 0 atom stereocenters. The summed E-state index contributed by atoms with van der Waals surface area (Å²) in [6.45, 7) is 8.61. The predicted octanol–water partition coefficient (Wildman–Crippen LogP) is 0.831. The zero-order chi connectivity index (χ0) is 17.3. The van der Waals surface area contributed by atoms with Crippen LogP contribution in [0.1, 0.15) is 27.7 Å². The first-order valence-corrected chi connectivity index (χ1v) is 7.64. The summed E-state index contributed by atoms with van der Waals surface area (Å²) >= 11 is 0. The highest BCUT2D eigenvalue weighted by molar-refractivity contribution is 6.61. The van der Waals surface area contributed by atoms with Crippen LogP contribution in [0.5, 0.6) is 0 Å². The van der Waals surface area contributed by atoms with Crippen molar-refractivity contribution in [2.45, 2.75) is 45.2 Å². The normalized spacial score (nSPS) is 19.4. The number of rotatable bonds is 6. The third-order valence-electron chi connectivity index (χ3n) is 4.47. The van der Waals surface area contributed by atoms with E-state index < -0.39 is 7.12 Å². The van der Waals surface area contributed by atoms with Crippen LogP contribution >= 0.6 is 0 Å². The second-order valence-electron chi connectivity index (χ2n) is 6.69. The summed E-state index contributed by atoms with van der Waals surface area (Å²) < 4.78 is 22.4. The first kappa shape index (κ1) is 18.1. The molecule has 0 aromatic carbocycles. The molecule has 0 radical (unpaired) electrons. The summed E-state index contributed by atoms with van der Waals surface area (Å²) in [4.78, 5) is 10.6. The van der Waals surface area contributed by atoms with Crippen molar-refractivity contribution in [2.24, 2.45) is 0 Å². The van der Waals surface area contributed by atoms with E-state index in [0.29, 0.717) is 12.5 Å². The summed E-state index contributed by atoms with van der Waals surface area (Å²) in [6, 6.07) is 0. The van der Waals surface area contributed by atoms with Crippen molar-refractivity contribution >= 4 is 18.5 Å². The Morgan fingerprint density at radius 2 is 1.57 bits per heavy atom. The predicted molar refractivity (Wildman–Crippen MR) is 88.8 cm³/mol. The van der Waals surface area contributed by atoms with Gasteiger partial charge in [0.15, 0.2) is 6.29 Å². The summed E-state index contributed by atoms with van der Waals surface area (Å²) in [7, 11) is 4.63. The van der Waals surface area contributed by atoms with Crippen LogP contribution in [0.4, 0.5) is 5.95 Å². The first-order valence-electron chi connectivity index (χ1n) is 7.64. The van der Waals surface area contributed by atoms with E-state index in [1.807, 2.05) is 39.6 Å². The highest BCUT2D eigenvalue weighted by Crippen LogP contribution is 2.36. The fraction of sp³-hybridized carbons (Fsp3) is 0.733. The Balaban J connectivity index is 2.06. The van der Waals surface area contributed by atoms with E-state index in [2.05, 4.69) is 9.97 Å². The van der Waals surface area contributed by atoms with E-state index in [0.717, 1.165) is 5.46 Å². The topological polar surface area (TPSA) is 65.9 Å². The average molecular weight is 323 g/mol. The Morgan fingerprint density at radius 3 is 2.00 bits per heavy atom. The maximum absolute atomic E-state index is 5.99. The van der Waals surface area contributed by atoms with Gasteiger partial charge in [-0.15, -0.1) is 0 Å². The lowest BCUT2D eigenvalue weighted by atomic mass is 9.81. The standard InChI is InChI=1S/C15H26BN3O4/c1-14(2)15(3,4)23-16(22-14)11-8-17-13(18-9-11)19(5)10-12(20-6)21-7/h8-9,12H,10H2,1-7H3. The van der Waals surface area contributed by atoms with Gasteiger partial charge in [0.2, 0.25) is 5.95 Å². The minimum absolute atomic E-state index is 0.327. The Hall–Kier alpha value is -1.22. The van der Waals surface area contributed by atoms with Crippen LogP contribution < -0.4 is 10.4 Å². The van der Waals surface area contributed by atoms with E-state index in [1.54, 1.807) is 26.6 Å². The molecule has 0 saturated carbocycles. The summed E-state index contributed by atoms with van der Waals surface area (Å²) in [5.41, 5.74) is 0.0463. The van der Waals surface area contributed by atoms with Gasteiger partial charge >= 0.3 is 7.12 Å². The number of anilines is 1. The second kappa shape index (κ2) is 6.72. The highest BCUT2D eigenvalue weighted by atomic mass is 16.7. The molecule has 7 nitrogen and oxygen atoms in total. The van der Waals surface area contributed by atoms with Crippen LogP contribution in [0.15, 0.2) is 12.4 Å². The van der Waals surface area contributed by atoms with Gasteiger partial charge in [0, 0.05) is 39.1 Å². The molecule has 2 rings (SSSR count). The van der Waals surface area contributed by atoms with Crippen molar-refractivity contribution in [3.8, 4) is 0 Å². The Labute approximate surface area is 138 Å². The lowest BCUT2D eigenvalue weighted by Gasteiger charge is -2.32. The van der Waals surface area contributed by atoms with E-state index in [-0.39, 0.29) is 17.5 Å². The first-order chi connectivity index (χ1) is 10.7. The van der Waals surface area contributed by atoms with Crippen LogP contribution in [-0.2, 0) is 18.8 Å². The van der Waals surface area contributed by atoms with Gasteiger partial charge in [0.05, 0.1) is 17.7 Å². The fourth-order valence-corrected chi connectivity index (χ4v) is 2.18. The van der Waals surface area contributed by atoms with Gasteiger partial charge in [-0.05, 0) is 27.7 Å². The van der Waals surface area contributed by atoms with Crippen molar-refractivity contribution < 1.29 is 18.8 Å². The number of aromatic nitrogens is 2. The van der Waals surface area contributed by atoms with Crippen LogP contribution in [0, 0.1) is 0 Å². The smallest absolute Gasteiger partial charge is 0.399 e. The molecule has 23 heavy (non-hydrogen) atoms. The van der Waals surface area contributed by atoms with E-state index in [1.165, 1.54) is 0 Å². The van der Waals surface area contributed by atoms with Gasteiger partial charge in [-0.1, -0.05) is 0 Å². The zero-order valence-electron chi connectivity index (χ0n) is 15.0. The molecule has 1 saturated heterocycles. The van der Waals surface area contributed by atoms with Crippen molar-refractivity contribution in [2.75, 3.05) is 32.7 Å². The van der Waals surface area contributed by atoms with Crippen molar-refractivity contribution in [3.63, 3.8) is 0 Å². The van der Waals surface area contributed by atoms with E-state index >= 15 is 0 Å². The molecule has 1 aliphatic heterocycles. The molecule has 0 N–H and O–H groups in total. The molecule has 0 spiro atoms. The molecule has 128 valence electrons. The van der Waals surface area contributed by atoms with E-state index in [4.69, 9.17) is 18.8 Å². The number of hydrogen-bond acceptors (Lipinski definition) is 7. The molecule has 0 amide bonds. The molecule has 1 aliphatic rings. The lowest BCUT2D eigenvalue weighted by molar-refractivity contribution is -0.0945. The van der Waals surface area contributed by atoms with Gasteiger partial charge in [-0.25, -0.2) is 9.97 Å². The number of nitrogens with zero attached hydrogens (tertiary/aromatic N) is 3. The van der Waals surface area contributed by atoms with Crippen molar-refractivity contribution in [1.29, 1.82) is 0 Å². The molecule has 0 aliphatic carbocycles. The quantitative estimate of drug-likeness (QED) is 0.567. The summed E-state index contributed by atoms with van der Waals surface area (Å²) in [5.74, 6) is 0.587. The van der Waals surface area contributed by atoms with Gasteiger partial charge in [0.1, 0.15) is 0 Å². The van der Waals surface area contributed by atoms with Crippen molar-refractivity contribution in [3.05, 3.63) is 12.4 Å². The van der Waals surface area contributed by atoms with Crippen LogP contribution in [0.2, 0.25) is 0 Å². The number of likely N-dealkylation sites (N-methyl/N-ethyl adjacent to an activating group) is 1. The zero-order valence-corrected chi connectivity index (χ0v) is 15.0. The summed E-state index contributed by atoms with van der Waals surface area (Å²) in [5, 5.41) is 0. The molecule has 1 aromatic rings. The number of methoxy groups -OCH3 is 2. The second-order valence-corrected chi connectivity index (χ2v) is 6.69. The monoisotopic (exact) mass is 323 g/mol. The third-order valence-corrected chi connectivity index (χ3v) is 4.47. The van der Waals surface area contributed by atoms with Crippen LogP contribution in [0.3, 0.4) is 0 Å². The number of ether oxygens (including phenoxy) is 2. The minimum Gasteiger partial charge on any atom is -0.399 e. The maximum atomic E-state index is 5.99. The molecule has 0 unspecified atom stereocenters. The minimum atomic E-state index is -0.454. The largest absolute Gasteiger partial charge is 0.498 e. The van der Waals surface area contributed by atoms with E-state index in [9.17, 15) is 0 Å². The SMILES string of the molecule is COC(CN(C)c1ncc(B2OC(C)(C)C(C)(C)O2)cn1)OC. The molecule has 0 bridgehead atoms. The molecule has 1 fully saturated rings. The van der Waals surface area contributed by atoms with Crippen LogP contribution in [-0.4, -0.2) is 62.4 Å². The Kier molecular flexibility index (Phi) is 5.30. The molecular formula is C15H26BN3O4. The molecule has 1 aromatic heterocycles. The third kappa shape index (κ3) is 3.83. The number of hydrogen-bond donors (Lipinski definition) is 0. The molecule has 2 heterocycles.